The van der Waals surface area contributed by atoms with E-state index in [0.717, 1.165) is 38.5 Å². The normalized spacial score (nSPS) is 64.0. The second-order valence-corrected chi connectivity index (χ2v) is 13.4. The van der Waals surface area contributed by atoms with Crippen LogP contribution in [0, 0.1) is 52.3 Å². The Bertz CT molecular complexity index is 758. The molecule has 0 amide bonds. The molecule has 0 radical (unpaired) electrons. The van der Waals surface area contributed by atoms with E-state index < -0.39 is 11.9 Å². The molecule has 4 aliphatic carbocycles. The highest BCUT2D eigenvalue weighted by molar-refractivity contribution is 5.17. The summed E-state index contributed by atoms with van der Waals surface area (Å²) in [6, 6.07) is 0. The van der Waals surface area contributed by atoms with Crippen LogP contribution in [0.25, 0.3) is 0 Å². The molecule has 0 aromatic heterocycles. The molecule has 6 aliphatic rings. The van der Waals surface area contributed by atoms with Gasteiger partial charge in [-0.25, -0.2) is 0 Å². The largest absolute Gasteiger partial charge is 0.393 e. The molecule has 14 atom stereocenters. The zero-order valence-electron chi connectivity index (χ0n) is 20.4. The van der Waals surface area contributed by atoms with E-state index in [-0.39, 0.29) is 41.0 Å². The summed E-state index contributed by atoms with van der Waals surface area (Å²) in [5.74, 6) is 2.12. The molecule has 4 saturated carbocycles. The maximum atomic E-state index is 11.2. The van der Waals surface area contributed by atoms with Crippen LogP contribution in [0.3, 0.4) is 0 Å². The van der Waals surface area contributed by atoms with E-state index in [1.165, 1.54) is 12.8 Å². The molecule has 5 heteroatoms. The molecule has 3 N–H and O–H groups in total. The number of hydrogen-bond acceptors (Lipinski definition) is 5. The fraction of sp³-hybridized carbons (Fsp3) is 1.00. The number of hydrogen-bond donors (Lipinski definition) is 3. The van der Waals surface area contributed by atoms with Crippen molar-refractivity contribution >= 4 is 0 Å². The molecule has 6 fully saturated rings. The summed E-state index contributed by atoms with van der Waals surface area (Å²) < 4.78 is 13.0. The first-order chi connectivity index (χ1) is 15.1. The van der Waals surface area contributed by atoms with Gasteiger partial charge < -0.3 is 24.8 Å². The Balaban J connectivity index is 1.29. The smallest absolute Gasteiger partial charge is 0.197 e. The maximum absolute atomic E-state index is 11.2. The van der Waals surface area contributed by atoms with Crippen LogP contribution in [0.4, 0.5) is 0 Å². The van der Waals surface area contributed by atoms with Gasteiger partial charge in [-0.15, -0.1) is 0 Å². The van der Waals surface area contributed by atoms with Crippen molar-refractivity contribution in [1.29, 1.82) is 0 Å². The molecule has 32 heavy (non-hydrogen) atoms. The number of rotatable bonds is 0. The van der Waals surface area contributed by atoms with Gasteiger partial charge in [0, 0.05) is 5.92 Å². The van der Waals surface area contributed by atoms with Crippen LogP contribution < -0.4 is 0 Å². The summed E-state index contributed by atoms with van der Waals surface area (Å²) >= 11 is 0. The topological polar surface area (TPSA) is 79.2 Å². The highest BCUT2D eigenvalue weighted by atomic mass is 16.7. The lowest BCUT2D eigenvalue weighted by Crippen LogP contribution is -2.59. The molecule has 0 aromatic carbocycles. The van der Waals surface area contributed by atoms with Crippen molar-refractivity contribution in [3.8, 4) is 0 Å². The number of aliphatic hydroxyl groups is 3. The minimum absolute atomic E-state index is 0.146. The van der Waals surface area contributed by atoms with E-state index in [4.69, 9.17) is 9.47 Å². The van der Waals surface area contributed by atoms with Gasteiger partial charge in [0.1, 0.15) is 6.10 Å². The Kier molecular flexibility index (Phi) is 4.99. The summed E-state index contributed by atoms with van der Waals surface area (Å²) in [6.45, 7) is 9.98. The molecule has 1 spiro atoms. The van der Waals surface area contributed by atoms with Crippen LogP contribution in [0.2, 0.25) is 0 Å². The lowest BCUT2D eigenvalue weighted by atomic mass is 9.43. The van der Waals surface area contributed by atoms with Crippen LogP contribution in [-0.4, -0.2) is 52.1 Å². The van der Waals surface area contributed by atoms with Gasteiger partial charge in [-0.05, 0) is 97.7 Å². The van der Waals surface area contributed by atoms with E-state index >= 15 is 0 Å². The first-order valence-corrected chi connectivity index (χ1v) is 13.5. The molecule has 0 aromatic rings. The fourth-order valence-electron chi connectivity index (χ4n) is 10.4. The van der Waals surface area contributed by atoms with E-state index in [0.29, 0.717) is 36.2 Å². The lowest BCUT2D eigenvalue weighted by Gasteiger charge is -2.62. The fourth-order valence-corrected chi connectivity index (χ4v) is 10.4. The van der Waals surface area contributed by atoms with Crippen molar-refractivity contribution in [2.45, 2.75) is 109 Å². The van der Waals surface area contributed by atoms with Crippen LogP contribution in [-0.2, 0) is 9.47 Å². The van der Waals surface area contributed by atoms with Crippen molar-refractivity contribution in [3.05, 3.63) is 0 Å². The summed E-state index contributed by atoms with van der Waals surface area (Å²) in [7, 11) is 0. The molecule has 2 aliphatic heterocycles. The predicted molar refractivity (Wildman–Crippen MR) is 121 cm³/mol. The first-order valence-electron chi connectivity index (χ1n) is 13.5. The zero-order chi connectivity index (χ0) is 22.6. The minimum Gasteiger partial charge on any atom is -0.393 e. The predicted octanol–water partition coefficient (Wildman–Crippen LogP) is 3.74. The molecule has 5 nitrogen and oxygen atoms in total. The Hall–Kier alpha value is -0.200. The monoisotopic (exact) mass is 448 g/mol. The van der Waals surface area contributed by atoms with Crippen LogP contribution in [0.15, 0.2) is 0 Å². The van der Waals surface area contributed by atoms with Crippen molar-refractivity contribution in [1.82, 2.24) is 0 Å². The second-order valence-electron chi connectivity index (χ2n) is 13.4. The Morgan fingerprint density at radius 3 is 2.31 bits per heavy atom. The van der Waals surface area contributed by atoms with Crippen molar-refractivity contribution in [2.75, 3.05) is 6.61 Å². The molecule has 6 rings (SSSR count). The van der Waals surface area contributed by atoms with Gasteiger partial charge >= 0.3 is 0 Å². The number of aliphatic hydroxyl groups excluding tert-OH is 3. The van der Waals surface area contributed by atoms with Crippen LogP contribution >= 0.6 is 0 Å². The van der Waals surface area contributed by atoms with Crippen LogP contribution in [0.1, 0.15) is 79.1 Å². The van der Waals surface area contributed by atoms with Crippen molar-refractivity contribution in [2.24, 2.45) is 52.3 Å². The van der Waals surface area contributed by atoms with Gasteiger partial charge in [0.15, 0.2) is 5.79 Å². The third-order valence-electron chi connectivity index (χ3n) is 11.9. The number of ether oxygens (including phenoxy) is 2. The minimum atomic E-state index is -0.824. The molecule has 9 unspecified atom stereocenters. The average molecular weight is 449 g/mol. The van der Waals surface area contributed by atoms with Gasteiger partial charge in [0.05, 0.1) is 24.9 Å². The van der Waals surface area contributed by atoms with Gasteiger partial charge in [0.25, 0.3) is 0 Å². The standard InChI is InChI=1S/C27H44O5/c1-14-9-23(30)27(31-13-14)15(2)24-22(32-27)12-19-17-11-21(29)20-10-16(28)5-7-25(20,3)18(17)6-8-26(19,24)4/h14-24,28-30H,5-13H2,1-4H3/t14-,15?,16+,17?,18?,19?,20?,21?,22?,23+,24?,25-,26+,27?/m1/s1. The summed E-state index contributed by atoms with van der Waals surface area (Å²) in [5, 5.41) is 32.6. The first kappa shape index (κ1) is 22.3. The molecule has 182 valence electrons. The third kappa shape index (κ3) is 2.75. The van der Waals surface area contributed by atoms with Gasteiger partial charge in [-0.3, -0.25) is 0 Å². The Morgan fingerprint density at radius 2 is 1.56 bits per heavy atom. The quantitative estimate of drug-likeness (QED) is 0.526. The van der Waals surface area contributed by atoms with Crippen molar-refractivity contribution < 1.29 is 24.8 Å². The molecular formula is C27H44O5. The maximum Gasteiger partial charge on any atom is 0.197 e. The number of fused-ring (bicyclic) bond motifs is 7. The summed E-state index contributed by atoms with van der Waals surface area (Å²) in [4.78, 5) is 0. The zero-order valence-corrected chi connectivity index (χ0v) is 20.4. The summed E-state index contributed by atoms with van der Waals surface area (Å²) in [5.41, 5.74) is 0.324. The van der Waals surface area contributed by atoms with E-state index in [1.54, 1.807) is 0 Å². The SMILES string of the molecule is CC1C2C(CC3C4CC(O)C5C[C@@H](O)CC[C@]5(C)C4CC[C@@]32C)OC12OC[C@H](C)C[C@@H]2O. The van der Waals surface area contributed by atoms with Gasteiger partial charge in [0.2, 0.25) is 0 Å². The lowest BCUT2D eigenvalue weighted by molar-refractivity contribution is -0.316. The highest BCUT2D eigenvalue weighted by Crippen LogP contribution is 2.71. The van der Waals surface area contributed by atoms with Crippen LogP contribution in [0.5, 0.6) is 0 Å². The van der Waals surface area contributed by atoms with E-state index in [2.05, 4.69) is 27.7 Å². The average Bonchev–Trinajstić information content (AvgIpc) is 3.18. The highest BCUT2D eigenvalue weighted by Gasteiger charge is 2.71. The Morgan fingerprint density at radius 1 is 0.812 bits per heavy atom. The van der Waals surface area contributed by atoms with E-state index in [9.17, 15) is 15.3 Å². The van der Waals surface area contributed by atoms with Crippen molar-refractivity contribution in [3.63, 3.8) is 0 Å². The second kappa shape index (κ2) is 7.16. The molecule has 0 bridgehead atoms. The third-order valence-corrected chi connectivity index (χ3v) is 11.9. The Labute approximate surface area is 193 Å². The summed E-state index contributed by atoms with van der Waals surface area (Å²) in [6.07, 6.45) is 6.86. The molecule has 2 saturated heterocycles. The van der Waals surface area contributed by atoms with E-state index in [1.807, 2.05) is 0 Å². The molecular weight excluding hydrogens is 404 g/mol. The molecule has 2 heterocycles. The van der Waals surface area contributed by atoms with Gasteiger partial charge in [-0.2, -0.15) is 0 Å². The van der Waals surface area contributed by atoms with Gasteiger partial charge in [-0.1, -0.05) is 27.7 Å².